The van der Waals surface area contributed by atoms with Gasteiger partial charge in [-0.2, -0.15) is 0 Å². The molecule has 5 nitrogen and oxygen atoms in total. The number of hydrogen-bond acceptors (Lipinski definition) is 4. The number of nitrogens with two attached hydrogens (primary N) is 1. The molecule has 0 saturated heterocycles. The molecule has 1 rings (SSSR count). The fourth-order valence-corrected chi connectivity index (χ4v) is 0.693. The number of Topliss-reactive ketones (excluding diaryl/α,β-unsaturated/α-hetero) is 1. The molecule has 0 unspecified atom stereocenters. The lowest BCUT2D eigenvalue weighted by molar-refractivity contribution is 0.0963. The molecule has 1 heterocycles. The van der Waals surface area contributed by atoms with Gasteiger partial charge >= 0.3 is 0 Å². The summed E-state index contributed by atoms with van der Waals surface area (Å²) in [6.45, 7) is 1.62. The van der Waals surface area contributed by atoms with Gasteiger partial charge in [0.2, 0.25) is 5.78 Å². The van der Waals surface area contributed by atoms with Crippen LogP contribution in [0, 0.1) is 0 Å². The second-order valence-corrected chi connectivity index (χ2v) is 2.43. The number of carbonyl (C=O) groups excluding carboxylic acids is 1. The maximum atomic E-state index is 11.1. The Kier molecular flexibility index (Phi) is 2.00. The number of hydrogen-bond donors (Lipinski definition) is 1. The Bertz CT molecular complexity index is 265. The zero-order valence-corrected chi connectivity index (χ0v) is 6.48. The average molecular weight is 154 g/mol. The molecule has 0 fully saturated rings. The fraction of sp³-hybridized carbons (Fsp3) is 0.500. The van der Waals surface area contributed by atoms with E-state index in [1.165, 1.54) is 4.68 Å². The van der Waals surface area contributed by atoms with E-state index in [4.69, 9.17) is 5.73 Å². The minimum atomic E-state index is -0.508. The molecule has 1 aromatic heterocycles. The largest absolute Gasteiger partial charge is 0.321 e. The first kappa shape index (κ1) is 7.87. The van der Waals surface area contributed by atoms with Crippen LogP contribution in [0.1, 0.15) is 17.4 Å². The molecule has 0 spiro atoms. The fourth-order valence-electron chi connectivity index (χ4n) is 0.693. The highest BCUT2D eigenvalue weighted by Crippen LogP contribution is 1.95. The van der Waals surface area contributed by atoms with E-state index in [0.717, 1.165) is 0 Å². The molecule has 0 aliphatic rings. The van der Waals surface area contributed by atoms with Crippen molar-refractivity contribution in [2.75, 3.05) is 0 Å². The van der Waals surface area contributed by atoms with Crippen molar-refractivity contribution in [3.63, 3.8) is 0 Å². The molecule has 60 valence electrons. The van der Waals surface area contributed by atoms with Crippen molar-refractivity contribution in [3.05, 3.63) is 11.9 Å². The molecule has 0 radical (unpaired) electrons. The molecular weight excluding hydrogens is 144 g/mol. The van der Waals surface area contributed by atoms with Gasteiger partial charge in [0.1, 0.15) is 5.69 Å². The Hall–Kier alpha value is -1.23. The second-order valence-electron chi connectivity index (χ2n) is 2.43. The molecule has 1 atom stereocenters. The SMILES string of the molecule is C[C@H](N)C(=O)c1cn(C)nn1. The Labute approximate surface area is 64.2 Å². The van der Waals surface area contributed by atoms with Crippen LogP contribution in [0.15, 0.2) is 6.20 Å². The van der Waals surface area contributed by atoms with Crippen molar-refractivity contribution in [3.8, 4) is 0 Å². The Morgan fingerprint density at radius 3 is 2.82 bits per heavy atom. The molecule has 0 aliphatic carbocycles. The van der Waals surface area contributed by atoms with Gasteiger partial charge in [0.05, 0.1) is 12.2 Å². The molecular formula is C6H10N4O. The summed E-state index contributed by atoms with van der Waals surface area (Å²) in [6.07, 6.45) is 1.55. The van der Waals surface area contributed by atoms with Crippen molar-refractivity contribution in [2.45, 2.75) is 13.0 Å². The lowest BCUT2D eigenvalue weighted by atomic mass is 10.2. The van der Waals surface area contributed by atoms with Crippen molar-refractivity contribution < 1.29 is 4.79 Å². The highest BCUT2D eigenvalue weighted by atomic mass is 16.1. The zero-order valence-electron chi connectivity index (χ0n) is 6.48. The molecule has 1 aromatic rings. The number of rotatable bonds is 2. The van der Waals surface area contributed by atoms with E-state index >= 15 is 0 Å². The van der Waals surface area contributed by atoms with Gasteiger partial charge in [0, 0.05) is 7.05 Å². The van der Waals surface area contributed by atoms with E-state index in [0.29, 0.717) is 5.69 Å². The number of carbonyl (C=O) groups is 1. The summed E-state index contributed by atoms with van der Waals surface area (Å²) in [5, 5.41) is 7.23. The second kappa shape index (κ2) is 2.79. The van der Waals surface area contributed by atoms with Gasteiger partial charge in [-0.25, -0.2) is 0 Å². The van der Waals surface area contributed by atoms with Crippen LogP contribution in [0.5, 0.6) is 0 Å². The summed E-state index contributed by atoms with van der Waals surface area (Å²) < 4.78 is 1.47. The van der Waals surface area contributed by atoms with Crippen molar-refractivity contribution >= 4 is 5.78 Å². The van der Waals surface area contributed by atoms with Crippen LogP contribution in [0.4, 0.5) is 0 Å². The summed E-state index contributed by atoms with van der Waals surface area (Å²) in [5.74, 6) is -0.182. The van der Waals surface area contributed by atoms with Gasteiger partial charge in [-0.1, -0.05) is 5.21 Å². The number of nitrogens with zero attached hydrogens (tertiary/aromatic N) is 3. The van der Waals surface area contributed by atoms with Gasteiger partial charge < -0.3 is 5.73 Å². The Morgan fingerprint density at radius 2 is 2.45 bits per heavy atom. The average Bonchev–Trinajstić information content (AvgIpc) is 2.34. The maximum Gasteiger partial charge on any atom is 0.201 e. The van der Waals surface area contributed by atoms with Crippen LogP contribution >= 0.6 is 0 Å². The third-order valence-corrected chi connectivity index (χ3v) is 1.27. The number of aryl methyl sites for hydroxylation is 1. The summed E-state index contributed by atoms with van der Waals surface area (Å²) >= 11 is 0. The van der Waals surface area contributed by atoms with Crippen molar-refractivity contribution in [1.29, 1.82) is 0 Å². The van der Waals surface area contributed by atoms with Crippen molar-refractivity contribution in [1.82, 2.24) is 15.0 Å². The van der Waals surface area contributed by atoms with Gasteiger partial charge in [-0.3, -0.25) is 9.48 Å². The first-order valence-electron chi connectivity index (χ1n) is 3.27. The molecule has 0 saturated carbocycles. The van der Waals surface area contributed by atoms with E-state index in [-0.39, 0.29) is 5.78 Å². The van der Waals surface area contributed by atoms with Crippen LogP contribution in [-0.4, -0.2) is 26.8 Å². The Morgan fingerprint density at radius 1 is 1.82 bits per heavy atom. The van der Waals surface area contributed by atoms with Crippen LogP contribution in [0.25, 0.3) is 0 Å². The van der Waals surface area contributed by atoms with E-state index < -0.39 is 6.04 Å². The summed E-state index contributed by atoms with van der Waals surface area (Å²) in [6, 6.07) is -0.508. The predicted octanol–water partition coefficient (Wildman–Crippen LogP) is -0.655. The van der Waals surface area contributed by atoms with E-state index in [2.05, 4.69) is 10.3 Å². The quantitative estimate of drug-likeness (QED) is 0.574. The number of aromatic nitrogens is 3. The minimum Gasteiger partial charge on any atom is -0.321 e. The van der Waals surface area contributed by atoms with Crippen molar-refractivity contribution in [2.24, 2.45) is 12.8 Å². The maximum absolute atomic E-state index is 11.1. The smallest absolute Gasteiger partial charge is 0.201 e. The lowest BCUT2D eigenvalue weighted by Gasteiger charge is -1.97. The molecule has 5 heteroatoms. The minimum absolute atomic E-state index is 0.182. The summed E-state index contributed by atoms with van der Waals surface area (Å²) in [7, 11) is 1.70. The summed E-state index contributed by atoms with van der Waals surface area (Å²) in [5.41, 5.74) is 5.67. The molecule has 0 bridgehead atoms. The van der Waals surface area contributed by atoms with Crippen LogP contribution in [0.2, 0.25) is 0 Å². The molecule has 0 amide bonds. The lowest BCUT2D eigenvalue weighted by Crippen LogP contribution is -2.26. The molecule has 0 aliphatic heterocycles. The van der Waals surface area contributed by atoms with E-state index in [1.54, 1.807) is 20.2 Å². The summed E-state index contributed by atoms with van der Waals surface area (Å²) in [4.78, 5) is 11.1. The molecule has 11 heavy (non-hydrogen) atoms. The molecule has 0 aromatic carbocycles. The third kappa shape index (κ3) is 1.62. The highest BCUT2D eigenvalue weighted by Gasteiger charge is 2.13. The normalized spacial score (nSPS) is 13.0. The van der Waals surface area contributed by atoms with Crippen LogP contribution in [0.3, 0.4) is 0 Å². The Balaban J connectivity index is 2.85. The van der Waals surface area contributed by atoms with Gasteiger partial charge in [0.25, 0.3) is 0 Å². The first-order chi connectivity index (χ1) is 5.11. The van der Waals surface area contributed by atoms with Gasteiger partial charge in [0.15, 0.2) is 0 Å². The first-order valence-corrected chi connectivity index (χ1v) is 3.27. The third-order valence-electron chi connectivity index (χ3n) is 1.27. The number of ketones is 1. The van der Waals surface area contributed by atoms with E-state index in [9.17, 15) is 4.79 Å². The highest BCUT2D eigenvalue weighted by molar-refractivity contribution is 5.97. The monoisotopic (exact) mass is 154 g/mol. The predicted molar refractivity (Wildman–Crippen MR) is 39.0 cm³/mol. The standard InChI is InChI=1S/C6H10N4O/c1-4(7)6(11)5-3-10(2)9-8-5/h3-4H,7H2,1-2H3/t4-/m0/s1. The van der Waals surface area contributed by atoms with Gasteiger partial charge in [-0.15, -0.1) is 5.10 Å². The van der Waals surface area contributed by atoms with Crippen LogP contribution < -0.4 is 5.73 Å². The van der Waals surface area contributed by atoms with Crippen LogP contribution in [-0.2, 0) is 7.05 Å². The van der Waals surface area contributed by atoms with Gasteiger partial charge in [-0.05, 0) is 6.92 Å². The molecule has 2 N–H and O–H groups in total. The zero-order chi connectivity index (χ0) is 8.43. The van der Waals surface area contributed by atoms with E-state index in [1.807, 2.05) is 0 Å². The topological polar surface area (TPSA) is 73.8 Å².